The summed E-state index contributed by atoms with van der Waals surface area (Å²) in [5, 5.41) is 4.13. The molecule has 0 fully saturated rings. The van der Waals surface area contributed by atoms with Crippen LogP contribution in [0.3, 0.4) is 0 Å². The molecule has 1 aromatic carbocycles. The summed E-state index contributed by atoms with van der Waals surface area (Å²) in [6.07, 6.45) is 1.57. The van der Waals surface area contributed by atoms with Gasteiger partial charge in [-0.1, -0.05) is 23.2 Å². The van der Waals surface area contributed by atoms with Gasteiger partial charge in [-0.25, -0.2) is 4.98 Å². The minimum absolute atomic E-state index is 0.184. The van der Waals surface area contributed by atoms with Crippen LogP contribution >= 0.6 is 39.1 Å². The molecule has 1 aromatic heterocycles. The van der Waals surface area contributed by atoms with E-state index in [2.05, 4.69) is 31.2 Å². The lowest BCUT2D eigenvalue weighted by molar-refractivity contribution is 1.17. The molecule has 2 aromatic rings. The van der Waals surface area contributed by atoms with Crippen molar-refractivity contribution in [3.8, 4) is 0 Å². The predicted molar refractivity (Wildman–Crippen MR) is 73.9 cm³/mol. The first-order chi connectivity index (χ1) is 8.04. The van der Waals surface area contributed by atoms with Crippen LogP contribution in [-0.2, 0) is 0 Å². The van der Waals surface area contributed by atoms with Gasteiger partial charge in [-0.3, -0.25) is 0 Å². The third-order valence-electron chi connectivity index (χ3n) is 1.89. The van der Waals surface area contributed by atoms with E-state index in [0.29, 0.717) is 20.3 Å². The SMILES string of the molecule is Nc1ncc(Br)c(Nc2cc(Cl)cc(Cl)c2)n1. The van der Waals surface area contributed by atoms with Crippen molar-refractivity contribution < 1.29 is 0 Å². The molecule has 3 N–H and O–H groups in total. The lowest BCUT2D eigenvalue weighted by Gasteiger charge is -2.08. The van der Waals surface area contributed by atoms with Crippen LogP contribution in [0.25, 0.3) is 0 Å². The molecular weight excluding hydrogens is 327 g/mol. The van der Waals surface area contributed by atoms with Gasteiger partial charge in [0.05, 0.1) is 4.47 Å². The Labute approximate surface area is 116 Å². The average Bonchev–Trinajstić information content (AvgIpc) is 2.22. The van der Waals surface area contributed by atoms with Crippen molar-refractivity contribution in [2.45, 2.75) is 0 Å². The number of anilines is 3. The molecule has 2 rings (SSSR count). The maximum Gasteiger partial charge on any atom is 0.222 e. The average molecular weight is 334 g/mol. The van der Waals surface area contributed by atoms with Crippen molar-refractivity contribution in [2.75, 3.05) is 11.1 Å². The zero-order chi connectivity index (χ0) is 12.4. The van der Waals surface area contributed by atoms with Crippen LogP contribution in [0.15, 0.2) is 28.9 Å². The molecule has 4 nitrogen and oxygen atoms in total. The van der Waals surface area contributed by atoms with Gasteiger partial charge in [0.25, 0.3) is 0 Å². The van der Waals surface area contributed by atoms with E-state index < -0.39 is 0 Å². The summed E-state index contributed by atoms with van der Waals surface area (Å²) in [6, 6.07) is 5.12. The fourth-order valence-electron chi connectivity index (χ4n) is 1.23. The number of benzene rings is 1. The maximum atomic E-state index is 5.89. The van der Waals surface area contributed by atoms with Crippen LogP contribution in [0, 0.1) is 0 Å². The topological polar surface area (TPSA) is 63.8 Å². The van der Waals surface area contributed by atoms with Crippen molar-refractivity contribution in [1.82, 2.24) is 9.97 Å². The number of aromatic nitrogens is 2. The first-order valence-corrected chi connectivity index (χ1v) is 6.10. The van der Waals surface area contributed by atoms with Crippen LogP contribution in [0.5, 0.6) is 0 Å². The number of hydrogen-bond acceptors (Lipinski definition) is 4. The van der Waals surface area contributed by atoms with Crippen LogP contribution in [0.4, 0.5) is 17.5 Å². The van der Waals surface area contributed by atoms with Gasteiger partial charge in [-0.2, -0.15) is 4.98 Å². The molecule has 0 saturated carbocycles. The van der Waals surface area contributed by atoms with Gasteiger partial charge < -0.3 is 11.1 Å². The maximum absolute atomic E-state index is 5.89. The van der Waals surface area contributed by atoms with E-state index in [4.69, 9.17) is 28.9 Å². The van der Waals surface area contributed by atoms with E-state index >= 15 is 0 Å². The number of nitrogen functional groups attached to an aromatic ring is 1. The van der Waals surface area contributed by atoms with E-state index in [0.717, 1.165) is 5.69 Å². The molecule has 88 valence electrons. The second-order valence-electron chi connectivity index (χ2n) is 3.21. The molecule has 0 amide bonds. The Bertz CT molecular complexity index is 542. The van der Waals surface area contributed by atoms with Crippen molar-refractivity contribution in [1.29, 1.82) is 0 Å². The Balaban J connectivity index is 2.34. The summed E-state index contributed by atoms with van der Waals surface area (Å²) in [7, 11) is 0. The van der Waals surface area contributed by atoms with Crippen molar-refractivity contribution in [3.63, 3.8) is 0 Å². The standard InChI is InChI=1S/C10H7BrCl2N4/c11-8-4-15-10(14)17-9(8)16-7-2-5(12)1-6(13)3-7/h1-4H,(H3,14,15,16,17). The molecule has 0 saturated heterocycles. The molecule has 0 aliphatic rings. The predicted octanol–water partition coefficient (Wildman–Crippen LogP) is 3.87. The third kappa shape index (κ3) is 3.21. The van der Waals surface area contributed by atoms with E-state index in [1.807, 2.05) is 0 Å². The van der Waals surface area contributed by atoms with Gasteiger partial charge >= 0.3 is 0 Å². The first kappa shape index (κ1) is 12.4. The Morgan fingerprint density at radius 2 is 1.82 bits per heavy atom. The Morgan fingerprint density at radius 1 is 1.18 bits per heavy atom. The molecule has 0 aliphatic carbocycles. The third-order valence-corrected chi connectivity index (χ3v) is 2.90. The molecular formula is C10H7BrCl2N4. The number of nitrogens with two attached hydrogens (primary N) is 1. The molecule has 7 heteroatoms. The van der Waals surface area contributed by atoms with Crippen LogP contribution in [0.1, 0.15) is 0 Å². The lowest BCUT2D eigenvalue weighted by Crippen LogP contribution is -2.00. The Morgan fingerprint density at radius 3 is 2.47 bits per heavy atom. The van der Waals surface area contributed by atoms with Gasteiger partial charge in [0.15, 0.2) is 0 Å². The minimum atomic E-state index is 0.184. The van der Waals surface area contributed by atoms with Crippen LogP contribution in [-0.4, -0.2) is 9.97 Å². The summed E-state index contributed by atoms with van der Waals surface area (Å²) in [5.41, 5.74) is 6.23. The van der Waals surface area contributed by atoms with E-state index in [9.17, 15) is 0 Å². The number of rotatable bonds is 2. The van der Waals surface area contributed by atoms with Gasteiger partial charge in [-0.05, 0) is 34.1 Å². The molecule has 1 heterocycles. The van der Waals surface area contributed by atoms with E-state index in [1.165, 1.54) is 0 Å². The summed E-state index contributed by atoms with van der Waals surface area (Å²) in [6.45, 7) is 0. The number of hydrogen-bond donors (Lipinski definition) is 2. The zero-order valence-electron chi connectivity index (χ0n) is 8.42. The van der Waals surface area contributed by atoms with E-state index in [1.54, 1.807) is 24.4 Å². The zero-order valence-corrected chi connectivity index (χ0v) is 11.5. The smallest absolute Gasteiger partial charge is 0.222 e. The number of halogens is 3. The van der Waals surface area contributed by atoms with Crippen LogP contribution < -0.4 is 11.1 Å². The molecule has 0 aliphatic heterocycles. The highest BCUT2D eigenvalue weighted by molar-refractivity contribution is 9.10. The van der Waals surface area contributed by atoms with Gasteiger partial charge in [0.2, 0.25) is 5.95 Å². The molecule has 17 heavy (non-hydrogen) atoms. The van der Waals surface area contributed by atoms with Crippen molar-refractivity contribution >= 4 is 56.6 Å². The van der Waals surface area contributed by atoms with Gasteiger partial charge in [-0.15, -0.1) is 0 Å². The summed E-state index contributed by atoms with van der Waals surface area (Å²) in [4.78, 5) is 7.89. The highest BCUT2D eigenvalue weighted by Crippen LogP contribution is 2.27. The van der Waals surface area contributed by atoms with E-state index in [-0.39, 0.29) is 5.95 Å². The first-order valence-electron chi connectivity index (χ1n) is 4.56. The lowest BCUT2D eigenvalue weighted by atomic mass is 10.3. The fourth-order valence-corrected chi connectivity index (χ4v) is 2.05. The van der Waals surface area contributed by atoms with Crippen LogP contribution in [0.2, 0.25) is 10.0 Å². The molecule has 0 radical (unpaired) electrons. The second-order valence-corrected chi connectivity index (χ2v) is 4.94. The van der Waals surface area contributed by atoms with Crippen molar-refractivity contribution in [2.24, 2.45) is 0 Å². The Hall–Kier alpha value is -1.04. The number of nitrogens with zero attached hydrogens (tertiary/aromatic N) is 2. The normalized spacial score (nSPS) is 10.3. The highest BCUT2D eigenvalue weighted by Gasteiger charge is 2.05. The number of nitrogens with one attached hydrogen (secondary N) is 1. The molecule has 0 spiro atoms. The fraction of sp³-hybridized carbons (Fsp3) is 0. The second kappa shape index (κ2) is 5.08. The summed E-state index contributed by atoms with van der Waals surface area (Å²) < 4.78 is 0.697. The van der Waals surface area contributed by atoms with Gasteiger partial charge in [0.1, 0.15) is 5.82 Å². The molecule has 0 bridgehead atoms. The minimum Gasteiger partial charge on any atom is -0.368 e. The highest BCUT2D eigenvalue weighted by atomic mass is 79.9. The van der Waals surface area contributed by atoms with Crippen molar-refractivity contribution in [3.05, 3.63) is 38.9 Å². The quantitative estimate of drug-likeness (QED) is 0.875. The monoisotopic (exact) mass is 332 g/mol. The molecule has 0 atom stereocenters. The largest absolute Gasteiger partial charge is 0.368 e. The Kier molecular flexibility index (Phi) is 3.71. The summed E-state index contributed by atoms with van der Waals surface area (Å²) >= 11 is 15.1. The molecule has 0 unspecified atom stereocenters. The summed E-state index contributed by atoms with van der Waals surface area (Å²) in [5.74, 6) is 0.736. The van der Waals surface area contributed by atoms with Gasteiger partial charge in [0, 0.05) is 21.9 Å².